The van der Waals surface area contributed by atoms with E-state index in [0.29, 0.717) is 23.0 Å². The molecule has 2 aromatic rings. The Bertz CT molecular complexity index is 1070. The molecule has 0 bridgehead atoms. The van der Waals surface area contributed by atoms with Gasteiger partial charge in [0.1, 0.15) is 5.75 Å². The van der Waals surface area contributed by atoms with Gasteiger partial charge in [-0.3, -0.25) is 9.59 Å². The molecule has 1 heterocycles. The molecule has 1 aliphatic rings. The number of nitriles is 1. The first-order valence-corrected chi connectivity index (χ1v) is 11.1. The number of aryl methyl sites for hydroxylation is 2. The zero-order valence-corrected chi connectivity index (χ0v) is 18.6. The first kappa shape index (κ1) is 22.4. The molecule has 2 N–H and O–H groups in total. The lowest BCUT2D eigenvalue weighted by Crippen LogP contribution is -2.31. The standard InChI is InChI=1S/C24H25N3O3S/c1-4-30-21-8-6-5-7-17(21)18-12-22(28)27-24(19(18)13-25)31-14-23(29)26-20-10-9-15(2)11-16(20)3/h5-11,18H,4,12,14H2,1-3H3,(H,26,29)(H,27,28). The summed E-state index contributed by atoms with van der Waals surface area (Å²) in [7, 11) is 0. The third-order valence-corrected chi connectivity index (χ3v) is 5.97. The molecule has 0 spiro atoms. The lowest BCUT2D eigenvalue weighted by atomic mass is 9.86. The third kappa shape index (κ3) is 5.47. The van der Waals surface area contributed by atoms with E-state index >= 15 is 0 Å². The number of carbonyl (C=O) groups is 2. The van der Waals surface area contributed by atoms with Gasteiger partial charge in [0.15, 0.2) is 0 Å². The largest absolute Gasteiger partial charge is 0.494 e. The van der Waals surface area contributed by atoms with Gasteiger partial charge in [-0.2, -0.15) is 5.26 Å². The van der Waals surface area contributed by atoms with Gasteiger partial charge < -0.3 is 15.4 Å². The molecule has 2 amide bonds. The van der Waals surface area contributed by atoms with Crippen LogP contribution >= 0.6 is 11.8 Å². The lowest BCUT2D eigenvalue weighted by molar-refractivity contribution is -0.121. The van der Waals surface area contributed by atoms with Crippen molar-refractivity contribution >= 4 is 29.3 Å². The Labute approximate surface area is 186 Å². The van der Waals surface area contributed by atoms with Crippen LogP contribution in [0.25, 0.3) is 0 Å². The van der Waals surface area contributed by atoms with E-state index in [0.717, 1.165) is 34.1 Å². The van der Waals surface area contributed by atoms with Crippen molar-refractivity contribution in [3.63, 3.8) is 0 Å². The maximum atomic E-state index is 12.5. The van der Waals surface area contributed by atoms with Crippen LogP contribution in [0.4, 0.5) is 5.69 Å². The molecule has 31 heavy (non-hydrogen) atoms. The van der Waals surface area contributed by atoms with Gasteiger partial charge in [-0.1, -0.05) is 47.7 Å². The van der Waals surface area contributed by atoms with Crippen molar-refractivity contribution in [3.05, 3.63) is 69.8 Å². The summed E-state index contributed by atoms with van der Waals surface area (Å²) in [4.78, 5) is 24.9. The van der Waals surface area contributed by atoms with Crippen molar-refractivity contribution in [2.75, 3.05) is 17.7 Å². The van der Waals surface area contributed by atoms with Crippen molar-refractivity contribution in [1.29, 1.82) is 5.26 Å². The molecule has 1 atom stereocenters. The highest BCUT2D eigenvalue weighted by Gasteiger charge is 2.31. The Hall–Kier alpha value is -3.24. The monoisotopic (exact) mass is 435 g/mol. The first-order valence-electron chi connectivity index (χ1n) is 10.1. The number of hydrogen-bond donors (Lipinski definition) is 2. The number of thioether (sulfide) groups is 1. The number of nitrogens with one attached hydrogen (secondary N) is 2. The normalized spacial score (nSPS) is 15.8. The predicted molar refractivity (Wildman–Crippen MR) is 123 cm³/mol. The maximum absolute atomic E-state index is 12.5. The molecule has 6 nitrogen and oxygen atoms in total. The van der Waals surface area contributed by atoms with Crippen molar-refractivity contribution < 1.29 is 14.3 Å². The molecule has 0 saturated carbocycles. The van der Waals surface area contributed by atoms with Crippen molar-refractivity contribution in [2.45, 2.75) is 33.1 Å². The van der Waals surface area contributed by atoms with Crippen LogP contribution in [-0.2, 0) is 9.59 Å². The molecule has 2 aromatic carbocycles. The number of ether oxygens (including phenoxy) is 1. The molecule has 3 rings (SSSR count). The average molecular weight is 436 g/mol. The average Bonchev–Trinajstić information content (AvgIpc) is 2.74. The van der Waals surface area contributed by atoms with Gasteiger partial charge in [-0.05, 0) is 38.5 Å². The van der Waals surface area contributed by atoms with E-state index in [1.807, 2.05) is 63.2 Å². The molecular weight excluding hydrogens is 410 g/mol. The van der Waals surface area contributed by atoms with E-state index in [2.05, 4.69) is 16.7 Å². The fourth-order valence-electron chi connectivity index (χ4n) is 3.53. The number of anilines is 1. The van der Waals surface area contributed by atoms with Gasteiger partial charge >= 0.3 is 0 Å². The van der Waals surface area contributed by atoms with E-state index in [9.17, 15) is 14.9 Å². The fraction of sp³-hybridized carbons (Fsp3) is 0.292. The van der Waals surface area contributed by atoms with Gasteiger partial charge in [0.25, 0.3) is 0 Å². The topological polar surface area (TPSA) is 91.2 Å². The minimum Gasteiger partial charge on any atom is -0.494 e. The second kappa shape index (κ2) is 10.2. The van der Waals surface area contributed by atoms with Gasteiger partial charge in [0.05, 0.1) is 29.0 Å². The van der Waals surface area contributed by atoms with Crippen LogP contribution in [0.15, 0.2) is 53.1 Å². The number of nitrogens with zero attached hydrogens (tertiary/aromatic N) is 1. The molecule has 160 valence electrons. The van der Waals surface area contributed by atoms with Crippen molar-refractivity contribution in [2.24, 2.45) is 0 Å². The number of carbonyl (C=O) groups excluding carboxylic acids is 2. The third-order valence-electron chi connectivity index (χ3n) is 4.95. The number of para-hydroxylation sites is 1. The quantitative estimate of drug-likeness (QED) is 0.672. The van der Waals surface area contributed by atoms with E-state index < -0.39 is 5.92 Å². The second-order valence-corrected chi connectivity index (χ2v) is 8.27. The van der Waals surface area contributed by atoms with E-state index in [-0.39, 0.29) is 24.0 Å². The van der Waals surface area contributed by atoms with Gasteiger partial charge in [-0.25, -0.2) is 0 Å². The van der Waals surface area contributed by atoms with Crippen LogP contribution < -0.4 is 15.4 Å². The number of benzene rings is 2. The van der Waals surface area contributed by atoms with Crippen molar-refractivity contribution in [1.82, 2.24) is 5.32 Å². The van der Waals surface area contributed by atoms with Gasteiger partial charge in [0.2, 0.25) is 11.8 Å². The fourth-order valence-corrected chi connectivity index (χ4v) is 4.41. The van der Waals surface area contributed by atoms with Crippen LogP contribution in [0, 0.1) is 25.2 Å². The molecule has 1 unspecified atom stereocenters. The van der Waals surface area contributed by atoms with Crippen LogP contribution in [0.1, 0.15) is 36.0 Å². The smallest absolute Gasteiger partial charge is 0.234 e. The summed E-state index contributed by atoms with van der Waals surface area (Å²) in [5.74, 6) is -0.0604. The first-order chi connectivity index (χ1) is 14.9. The van der Waals surface area contributed by atoms with Crippen LogP contribution in [0.3, 0.4) is 0 Å². The van der Waals surface area contributed by atoms with Gasteiger partial charge in [-0.15, -0.1) is 0 Å². The summed E-state index contributed by atoms with van der Waals surface area (Å²) >= 11 is 1.16. The van der Waals surface area contributed by atoms with Crippen LogP contribution in [0.5, 0.6) is 5.75 Å². The molecule has 0 aliphatic carbocycles. The molecule has 0 saturated heterocycles. The van der Waals surface area contributed by atoms with Crippen LogP contribution in [0.2, 0.25) is 0 Å². The SMILES string of the molecule is CCOc1ccccc1C1CC(=O)NC(SCC(=O)Nc2ccc(C)cc2C)=C1C#N. The molecule has 0 fully saturated rings. The molecular formula is C24H25N3O3S. The molecule has 0 aromatic heterocycles. The summed E-state index contributed by atoms with van der Waals surface area (Å²) in [6, 6.07) is 15.5. The zero-order chi connectivity index (χ0) is 22.4. The summed E-state index contributed by atoms with van der Waals surface area (Å²) in [5.41, 5.74) is 4.09. The Morgan fingerprint density at radius 2 is 2.06 bits per heavy atom. The summed E-state index contributed by atoms with van der Waals surface area (Å²) in [6.07, 6.45) is 0.159. The van der Waals surface area contributed by atoms with Crippen LogP contribution in [-0.4, -0.2) is 24.2 Å². The highest BCUT2D eigenvalue weighted by atomic mass is 32.2. The summed E-state index contributed by atoms with van der Waals surface area (Å²) in [6.45, 7) is 6.31. The minimum atomic E-state index is -0.411. The van der Waals surface area contributed by atoms with Gasteiger partial charge in [0, 0.05) is 23.6 Å². The van der Waals surface area contributed by atoms with Crippen molar-refractivity contribution in [3.8, 4) is 11.8 Å². The highest BCUT2D eigenvalue weighted by Crippen LogP contribution is 2.39. The Morgan fingerprint density at radius 1 is 1.29 bits per heavy atom. The molecule has 0 radical (unpaired) electrons. The molecule has 7 heteroatoms. The number of hydrogen-bond acceptors (Lipinski definition) is 5. The Kier molecular flexibility index (Phi) is 7.37. The number of rotatable bonds is 7. The minimum absolute atomic E-state index is 0.0773. The lowest BCUT2D eigenvalue weighted by Gasteiger charge is -2.26. The Morgan fingerprint density at radius 3 is 2.77 bits per heavy atom. The zero-order valence-electron chi connectivity index (χ0n) is 17.8. The summed E-state index contributed by atoms with van der Waals surface area (Å²) in [5, 5.41) is 15.9. The van der Waals surface area contributed by atoms with E-state index in [1.54, 1.807) is 0 Å². The Balaban J connectivity index is 1.79. The maximum Gasteiger partial charge on any atom is 0.234 e. The highest BCUT2D eigenvalue weighted by molar-refractivity contribution is 8.03. The summed E-state index contributed by atoms with van der Waals surface area (Å²) < 4.78 is 5.70. The van der Waals surface area contributed by atoms with E-state index in [4.69, 9.17) is 4.74 Å². The molecule has 1 aliphatic heterocycles. The number of amides is 2. The predicted octanol–water partition coefficient (Wildman–Crippen LogP) is 4.41. The second-order valence-electron chi connectivity index (χ2n) is 7.29. The van der Waals surface area contributed by atoms with E-state index in [1.165, 1.54) is 0 Å². The number of allylic oxidation sites excluding steroid dienone is 1.